The van der Waals surface area contributed by atoms with Crippen LogP contribution in [-0.2, 0) is 4.74 Å². The standard InChI is InChI=1S/C9H20.C3H8O2/c1-3-5-7-9-8-6-4-2;1-5-3-2-4/h3-9H2,1-2H3;4H,2-3H2,1H3. The fourth-order valence-corrected chi connectivity index (χ4v) is 1.12. The average Bonchev–Trinajstić information content (AvgIpc) is 2.20. The van der Waals surface area contributed by atoms with E-state index in [0.29, 0.717) is 6.61 Å². The zero-order valence-corrected chi connectivity index (χ0v) is 10.2. The summed E-state index contributed by atoms with van der Waals surface area (Å²) in [6.07, 6.45) is 9.97. The molecule has 0 spiro atoms. The highest BCUT2D eigenvalue weighted by Crippen LogP contribution is 2.05. The summed E-state index contributed by atoms with van der Waals surface area (Å²) in [5.74, 6) is 0. The van der Waals surface area contributed by atoms with Crippen LogP contribution in [-0.4, -0.2) is 25.4 Å². The number of methoxy groups -OCH3 is 1. The van der Waals surface area contributed by atoms with Crippen molar-refractivity contribution in [2.75, 3.05) is 20.3 Å². The predicted octanol–water partition coefficient (Wildman–Crippen LogP) is 3.38. The van der Waals surface area contributed by atoms with Gasteiger partial charge in [0.25, 0.3) is 0 Å². The monoisotopic (exact) mass is 204 g/mol. The van der Waals surface area contributed by atoms with Gasteiger partial charge in [-0.1, -0.05) is 58.8 Å². The number of unbranched alkanes of at least 4 members (excludes halogenated alkanes) is 6. The molecule has 0 saturated carbocycles. The molecule has 2 nitrogen and oxygen atoms in total. The molecule has 0 aromatic carbocycles. The fourth-order valence-electron chi connectivity index (χ4n) is 1.12. The first-order chi connectivity index (χ1) is 6.83. The fraction of sp³-hybridized carbons (Fsp3) is 1.00. The Morgan fingerprint density at radius 1 is 0.857 bits per heavy atom. The van der Waals surface area contributed by atoms with Crippen LogP contribution >= 0.6 is 0 Å². The van der Waals surface area contributed by atoms with E-state index >= 15 is 0 Å². The van der Waals surface area contributed by atoms with Crippen LogP contribution < -0.4 is 0 Å². The molecule has 0 fully saturated rings. The van der Waals surface area contributed by atoms with Crippen LogP contribution in [0.5, 0.6) is 0 Å². The molecule has 0 aliphatic rings. The third-order valence-electron chi connectivity index (χ3n) is 2.00. The first-order valence-corrected chi connectivity index (χ1v) is 5.93. The Kier molecular flexibility index (Phi) is 21.8. The SMILES string of the molecule is CCCCCCCCC.COCCO. The molecule has 0 aliphatic carbocycles. The van der Waals surface area contributed by atoms with Crippen molar-refractivity contribution in [2.24, 2.45) is 0 Å². The van der Waals surface area contributed by atoms with Crippen LogP contribution in [0.15, 0.2) is 0 Å². The van der Waals surface area contributed by atoms with Gasteiger partial charge in [-0.15, -0.1) is 0 Å². The van der Waals surface area contributed by atoms with Crippen molar-refractivity contribution in [3.05, 3.63) is 0 Å². The second kappa shape index (κ2) is 18.7. The highest BCUT2D eigenvalue weighted by Gasteiger charge is 1.85. The van der Waals surface area contributed by atoms with Gasteiger partial charge in [0, 0.05) is 7.11 Å². The third kappa shape index (κ3) is 22.7. The molecule has 0 aromatic heterocycles. The first kappa shape index (κ1) is 16.4. The Balaban J connectivity index is 0. The second-order valence-electron chi connectivity index (χ2n) is 3.48. The lowest BCUT2D eigenvalue weighted by atomic mass is 10.1. The largest absolute Gasteiger partial charge is 0.394 e. The van der Waals surface area contributed by atoms with Crippen molar-refractivity contribution in [1.82, 2.24) is 0 Å². The van der Waals surface area contributed by atoms with Crippen LogP contribution in [0.4, 0.5) is 0 Å². The van der Waals surface area contributed by atoms with Crippen molar-refractivity contribution in [1.29, 1.82) is 0 Å². The van der Waals surface area contributed by atoms with Gasteiger partial charge < -0.3 is 9.84 Å². The topological polar surface area (TPSA) is 29.5 Å². The lowest BCUT2D eigenvalue weighted by Crippen LogP contribution is -1.91. The van der Waals surface area contributed by atoms with Gasteiger partial charge in [-0.05, 0) is 0 Å². The van der Waals surface area contributed by atoms with Gasteiger partial charge >= 0.3 is 0 Å². The van der Waals surface area contributed by atoms with E-state index in [2.05, 4.69) is 18.6 Å². The predicted molar refractivity (Wildman–Crippen MR) is 62.6 cm³/mol. The van der Waals surface area contributed by atoms with Crippen LogP contribution in [0.2, 0.25) is 0 Å². The summed E-state index contributed by atoms with van der Waals surface area (Å²) in [7, 11) is 1.55. The van der Waals surface area contributed by atoms with E-state index in [1.54, 1.807) is 7.11 Å². The van der Waals surface area contributed by atoms with Crippen molar-refractivity contribution >= 4 is 0 Å². The van der Waals surface area contributed by atoms with Crippen molar-refractivity contribution < 1.29 is 9.84 Å². The summed E-state index contributed by atoms with van der Waals surface area (Å²) in [5.41, 5.74) is 0. The number of aliphatic hydroxyl groups excluding tert-OH is 1. The van der Waals surface area contributed by atoms with Crippen LogP contribution in [0.1, 0.15) is 58.8 Å². The smallest absolute Gasteiger partial charge is 0.0693 e. The Morgan fingerprint density at radius 3 is 1.50 bits per heavy atom. The van der Waals surface area contributed by atoms with Crippen molar-refractivity contribution in [2.45, 2.75) is 58.8 Å². The molecule has 14 heavy (non-hydrogen) atoms. The number of hydrogen-bond donors (Lipinski definition) is 1. The molecule has 88 valence electrons. The molecule has 0 amide bonds. The summed E-state index contributed by atoms with van der Waals surface area (Å²) < 4.78 is 4.44. The summed E-state index contributed by atoms with van der Waals surface area (Å²) in [4.78, 5) is 0. The average molecular weight is 204 g/mol. The lowest BCUT2D eigenvalue weighted by molar-refractivity contribution is 0.135. The molecule has 0 unspecified atom stereocenters. The number of ether oxygens (including phenoxy) is 1. The molecule has 0 saturated heterocycles. The number of rotatable bonds is 8. The Morgan fingerprint density at radius 2 is 1.29 bits per heavy atom. The maximum absolute atomic E-state index is 7.94. The van der Waals surface area contributed by atoms with Gasteiger partial charge in [0.1, 0.15) is 0 Å². The maximum atomic E-state index is 7.94. The molecule has 0 heterocycles. The van der Waals surface area contributed by atoms with Gasteiger partial charge in [0.05, 0.1) is 13.2 Å². The summed E-state index contributed by atoms with van der Waals surface area (Å²) in [6.45, 7) is 5.09. The van der Waals surface area contributed by atoms with Crippen LogP contribution in [0.25, 0.3) is 0 Å². The lowest BCUT2D eigenvalue weighted by Gasteiger charge is -1.96. The highest BCUT2D eigenvalue weighted by atomic mass is 16.5. The molecule has 0 rings (SSSR count). The minimum atomic E-state index is 0.122. The highest BCUT2D eigenvalue weighted by molar-refractivity contribution is 4.41. The molecule has 0 aliphatic heterocycles. The minimum absolute atomic E-state index is 0.122. The second-order valence-corrected chi connectivity index (χ2v) is 3.48. The zero-order valence-electron chi connectivity index (χ0n) is 10.2. The molecule has 0 aromatic rings. The third-order valence-corrected chi connectivity index (χ3v) is 2.00. The number of hydrogen-bond acceptors (Lipinski definition) is 2. The Hall–Kier alpha value is -0.0800. The van der Waals surface area contributed by atoms with Crippen molar-refractivity contribution in [3.63, 3.8) is 0 Å². The summed E-state index contributed by atoms with van der Waals surface area (Å²) in [6, 6.07) is 0. The van der Waals surface area contributed by atoms with Crippen LogP contribution in [0.3, 0.4) is 0 Å². The van der Waals surface area contributed by atoms with Gasteiger partial charge in [-0.25, -0.2) is 0 Å². The summed E-state index contributed by atoms with van der Waals surface area (Å²) >= 11 is 0. The normalized spacial score (nSPS) is 9.43. The first-order valence-electron chi connectivity index (χ1n) is 5.93. The molecule has 0 bridgehead atoms. The molecule has 0 atom stereocenters. The Labute approximate surface area is 89.7 Å². The van der Waals surface area contributed by atoms with E-state index < -0.39 is 0 Å². The number of aliphatic hydroxyl groups is 1. The molecule has 1 N–H and O–H groups in total. The van der Waals surface area contributed by atoms with Crippen molar-refractivity contribution in [3.8, 4) is 0 Å². The molecule has 0 radical (unpaired) electrons. The van der Waals surface area contributed by atoms with Gasteiger partial charge in [0.15, 0.2) is 0 Å². The van der Waals surface area contributed by atoms with E-state index in [4.69, 9.17) is 5.11 Å². The van der Waals surface area contributed by atoms with Gasteiger partial charge in [-0.2, -0.15) is 0 Å². The van der Waals surface area contributed by atoms with E-state index in [1.807, 2.05) is 0 Å². The van der Waals surface area contributed by atoms with E-state index in [9.17, 15) is 0 Å². The quantitative estimate of drug-likeness (QED) is 0.614. The van der Waals surface area contributed by atoms with E-state index in [1.165, 1.54) is 44.9 Å². The zero-order chi connectivity index (χ0) is 11.1. The Bertz CT molecular complexity index is 66.7. The van der Waals surface area contributed by atoms with Gasteiger partial charge in [-0.3, -0.25) is 0 Å². The molecule has 2 heteroatoms. The van der Waals surface area contributed by atoms with E-state index in [0.717, 1.165) is 0 Å². The van der Waals surface area contributed by atoms with Gasteiger partial charge in [0.2, 0.25) is 0 Å². The molecular weight excluding hydrogens is 176 g/mol. The maximum Gasteiger partial charge on any atom is 0.0693 e. The minimum Gasteiger partial charge on any atom is -0.394 e. The summed E-state index contributed by atoms with van der Waals surface area (Å²) in [5, 5.41) is 7.94. The van der Waals surface area contributed by atoms with Crippen LogP contribution in [0, 0.1) is 0 Å². The molecular formula is C12H28O2. The van der Waals surface area contributed by atoms with E-state index in [-0.39, 0.29) is 6.61 Å².